The average molecular weight is 561 g/mol. The Morgan fingerprint density at radius 2 is 1.77 bits per heavy atom. The lowest BCUT2D eigenvalue weighted by atomic mass is 10.2. The van der Waals surface area contributed by atoms with E-state index in [1.807, 2.05) is 0 Å². The molecule has 0 unspecified atom stereocenters. The van der Waals surface area contributed by atoms with Crippen molar-refractivity contribution in [2.45, 2.75) is 12.3 Å². The maximum atomic E-state index is 14.0. The Balaban J connectivity index is 1.73. The van der Waals surface area contributed by atoms with Gasteiger partial charge in [0.25, 0.3) is 5.56 Å². The molecule has 0 N–H and O–H groups in total. The van der Waals surface area contributed by atoms with Gasteiger partial charge in [-0.1, -0.05) is 11.6 Å². The van der Waals surface area contributed by atoms with Crippen LogP contribution in [0.5, 0.6) is 5.88 Å². The minimum atomic E-state index is -1.75. The summed E-state index contributed by atoms with van der Waals surface area (Å²) < 4.78 is 64.4. The molecule has 1 aliphatic rings. The Bertz CT molecular complexity index is 1900. The van der Waals surface area contributed by atoms with Gasteiger partial charge in [-0.15, -0.1) is 0 Å². The fourth-order valence-electron chi connectivity index (χ4n) is 4.68. The predicted molar refractivity (Wildman–Crippen MR) is 135 cm³/mol. The van der Waals surface area contributed by atoms with Crippen molar-refractivity contribution in [1.82, 2.24) is 23.5 Å². The number of aromatic nitrogens is 5. The maximum absolute atomic E-state index is 14.0. The smallest absolute Gasteiger partial charge is 0.342 e. The Hall–Kier alpha value is -4.39. The van der Waals surface area contributed by atoms with E-state index in [2.05, 4.69) is 9.97 Å². The first kappa shape index (κ1) is 24.9. The molecule has 5 aromatic rings. The van der Waals surface area contributed by atoms with Crippen LogP contribution >= 0.6 is 11.6 Å². The molecule has 1 aliphatic heterocycles. The van der Waals surface area contributed by atoms with Crippen LogP contribution in [0.25, 0.3) is 28.1 Å². The number of fused-ring (bicyclic) bond motifs is 2. The Morgan fingerprint density at radius 3 is 2.46 bits per heavy atom. The zero-order chi connectivity index (χ0) is 27.6. The first-order valence-electron chi connectivity index (χ1n) is 11.6. The molecule has 4 aromatic heterocycles. The summed E-state index contributed by atoms with van der Waals surface area (Å²) in [4.78, 5) is 37.6. The largest absolute Gasteiger partial charge is 0.480 e. The van der Waals surface area contributed by atoms with Crippen molar-refractivity contribution >= 4 is 34.0 Å². The van der Waals surface area contributed by atoms with Gasteiger partial charge < -0.3 is 9.64 Å². The fraction of sp³-hybridized carbons (Fsp3) is 0.200. The van der Waals surface area contributed by atoms with E-state index in [1.165, 1.54) is 47.0 Å². The van der Waals surface area contributed by atoms with Gasteiger partial charge in [0.05, 0.1) is 42.6 Å². The lowest BCUT2D eigenvalue weighted by Gasteiger charge is -2.20. The second-order valence-corrected chi connectivity index (χ2v) is 9.27. The topological polar surface area (TPSA) is 86.7 Å². The summed E-state index contributed by atoms with van der Waals surface area (Å²) in [5.74, 6) is -1.49. The van der Waals surface area contributed by atoms with Gasteiger partial charge in [0.1, 0.15) is 34.3 Å². The zero-order valence-corrected chi connectivity index (χ0v) is 20.7. The van der Waals surface area contributed by atoms with Crippen LogP contribution in [0.15, 0.2) is 58.4 Å². The van der Waals surface area contributed by atoms with E-state index in [-0.39, 0.29) is 57.9 Å². The molecule has 0 aliphatic carbocycles. The van der Waals surface area contributed by atoms with Crippen molar-refractivity contribution in [3.05, 3.63) is 86.3 Å². The molecule has 5 heterocycles. The van der Waals surface area contributed by atoms with E-state index >= 15 is 0 Å². The van der Waals surface area contributed by atoms with E-state index in [1.54, 1.807) is 0 Å². The zero-order valence-electron chi connectivity index (χ0n) is 20.0. The van der Waals surface area contributed by atoms with Crippen LogP contribution in [-0.4, -0.2) is 56.0 Å². The lowest BCUT2D eigenvalue weighted by Crippen LogP contribution is -2.39. The molecular weight excluding hydrogens is 544 g/mol. The number of methoxy groups -OCH3 is 1. The normalized spacial score (nSPS) is 17.4. The minimum absolute atomic E-state index is 0.0185. The number of ether oxygens (including phenoxy) is 1. The maximum Gasteiger partial charge on any atom is 0.342 e. The minimum Gasteiger partial charge on any atom is -0.480 e. The molecule has 0 amide bonds. The van der Waals surface area contributed by atoms with Crippen molar-refractivity contribution < 1.29 is 22.3 Å². The summed E-state index contributed by atoms with van der Waals surface area (Å²) in [6, 6.07) is 7.09. The number of hydrogen-bond acceptors (Lipinski definition) is 6. The number of pyridine rings is 2. The first-order valence-corrected chi connectivity index (χ1v) is 11.9. The number of imidazole rings is 1. The molecule has 1 fully saturated rings. The third-order valence-corrected chi connectivity index (χ3v) is 6.83. The molecule has 0 radical (unpaired) electrons. The number of benzene rings is 1. The van der Waals surface area contributed by atoms with Crippen LogP contribution in [0.3, 0.4) is 0 Å². The van der Waals surface area contributed by atoms with E-state index in [0.29, 0.717) is 0 Å². The molecule has 2 atom stereocenters. The quantitative estimate of drug-likeness (QED) is 0.312. The second kappa shape index (κ2) is 9.12. The van der Waals surface area contributed by atoms with Crippen LogP contribution in [0, 0.1) is 11.6 Å². The molecule has 39 heavy (non-hydrogen) atoms. The average Bonchev–Trinajstić information content (AvgIpc) is 3.47. The second-order valence-electron chi connectivity index (χ2n) is 8.87. The van der Waals surface area contributed by atoms with E-state index in [4.69, 9.17) is 16.3 Å². The van der Waals surface area contributed by atoms with Crippen molar-refractivity contribution in [1.29, 1.82) is 0 Å². The Kier molecular flexibility index (Phi) is 5.83. The molecule has 6 rings (SSSR count). The van der Waals surface area contributed by atoms with Gasteiger partial charge in [0, 0.05) is 18.3 Å². The molecule has 9 nitrogen and oxygen atoms in total. The highest BCUT2D eigenvalue weighted by atomic mass is 35.5. The summed E-state index contributed by atoms with van der Waals surface area (Å²) in [6.45, 7) is -0.601. The van der Waals surface area contributed by atoms with Gasteiger partial charge in [0.15, 0.2) is 12.3 Å². The molecule has 0 saturated carbocycles. The summed E-state index contributed by atoms with van der Waals surface area (Å²) in [5.41, 5.74) is -1.58. The van der Waals surface area contributed by atoms with E-state index in [9.17, 15) is 27.2 Å². The number of nitrogens with zero attached hydrogens (tertiary/aromatic N) is 6. The predicted octanol–water partition coefficient (Wildman–Crippen LogP) is 3.62. The molecule has 0 spiro atoms. The van der Waals surface area contributed by atoms with Gasteiger partial charge >= 0.3 is 5.69 Å². The van der Waals surface area contributed by atoms with Gasteiger partial charge in [-0.25, -0.2) is 31.9 Å². The van der Waals surface area contributed by atoms with E-state index in [0.717, 1.165) is 27.3 Å². The highest BCUT2D eigenvalue weighted by Gasteiger charge is 2.34. The third-order valence-electron chi connectivity index (χ3n) is 6.54. The molecule has 1 saturated heterocycles. The van der Waals surface area contributed by atoms with Crippen molar-refractivity contribution in [3.8, 4) is 17.4 Å². The van der Waals surface area contributed by atoms with Crippen LogP contribution in [0.4, 0.5) is 23.4 Å². The number of anilines is 1. The summed E-state index contributed by atoms with van der Waals surface area (Å²) in [5, 5.41) is -0.455. The summed E-state index contributed by atoms with van der Waals surface area (Å²) >= 11 is 6.02. The number of hydrogen-bond donors (Lipinski definition) is 0. The highest BCUT2D eigenvalue weighted by molar-refractivity contribution is 6.30. The number of rotatable bonds is 4. The molecule has 200 valence electrons. The fourth-order valence-corrected chi connectivity index (χ4v) is 4.85. The number of halogens is 5. The Labute approximate surface area is 221 Å². The van der Waals surface area contributed by atoms with Gasteiger partial charge in [0.2, 0.25) is 5.88 Å². The first-order chi connectivity index (χ1) is 18.7. The lowest BCUT2D eigenvalue weighted by molar-refractivity contribution is 0.217. The Morgan fingerprint density at radius 1 is 1.03 bits per heavy atom. The molecule has 1 aromatic carbocycles. The van der Waals surface area contributed by atoms with Gasteiger partial charge in [-0.3, -0.25) is 13.8 Å². The summed E-state index contributed by atoms with van der Waals surface area (Å²) in [6.07, 6.45) is -0.985. The van der Waals surface area contributed by atoms with Crippen LogP contribution in [0.2, 0.25) is 5.02 Å². The monoisotopic (exact) mass is 560 g/mol. The highest BCUT2D eigenvalue weighted by Crippen LogP contribution is 2.31. The van der Waals surface area contributed by atoms with Crippen LogP contribution < -0.4 is 20.9 Å². The SMILES string of the molecule is COc1nc(N2C[C@@H](F)[C@@H](F)C2)cc2c1c(=O)n(-c1cnc3cc(F)ccn13)c(=O)n2-c1ccc(F)c(Cl)c1. The van der Waals surface area contributed by atoms with Gasteiger partial charge in [-0.2, -0.15) is 4.98 Å². The molecule has 14 heteroatoms. The van der Waals surface area contributed by atoms with Crippen LogP contribution in [0.1, 0.15) is 0 Å². The van der Waals surface area contributed by atoms with Crippen LogP contribution in [-0.2, 0) is 0 Å². The van der Waals surface area contributed by atoms with Gasteiger partial charge in [-0.05, 0) is 24.3 Å². The number of alkyl halides is 2. The van der Waals surface area contributed by atoms with Crippen molar-refractivity contribution in [2.24, 2.45) is 0 Å². The third kappa shape index (κ3) is 3.92. The summed E-state index contributed by atoms with van der Waals surface area (Å²) in [7, 11) is 1.25. The molecule has 0 bridgehead atoms. The van der Waals surface area contributed by atoms with Crippen molar-refractivity contribution in [3.63, 3.8) is 0 Å². The van der Waals surface area contributed by atoms with Crippen molar-refractivity contribution in [2.75, 3.05) is 25.1 Å². The molecular formula is C25H17ClF4N6O3. The van der Waals surface area contributed by atoms with E-state index < -0.39 is 35.2 Å². The standard InChI is InChI=1S/C25H17ClF4N6O3/c1-39-23-22-18(8-20(32-23)33-10-16(29)17(30)11-33)35(13-2-3-15(28)14(26)7-13)25(38)36(24(22)37)21-9-31-19-6-12(27)4-5-34(19)21/h2-9,16-17H,10-11H2,1H3/t16-,17+.